The average molecular weight is 69.6 g/mol. The van der Waals surface area contributed by atoms with E-state index in [0.29, 0.717) is 0 Å². The van der Waals surface area contributed by atoms with Gasteiger partial charge in [-0.1, -0.05) is 0 Å². The van der Waals surface area contributed by atoms with Crippen LogP contribution in [0.15, 0.2) is 0 Å². The van der Waals surface area contributed by atoms with E-state index >= 15 is 0 Å². The summed E-state index contributed by atoms with van der Waals surface area (Å²) in [4.78, 5) is 0. The van der Waals surface area contributed by atoms with Crippen LogP contribution in [-0.2, 0) is 0 Å². The van der Waals surface area contributed by atoms with Crippen LogP contribution in [-0.4, -0.2) is 21.2 Å². The first kappa shape index (κ1) is 4.43. The summed E-state index contributed by atoms with van der Waals surface area (Å²) in [6.07, 6.45) is 0. The minimum atomic E-state index is -0.120. The molecule has 0 N–H and O–H groups in total. The fourth-order valence-electron chi connectivity index (χ4n) is 0. The number of hydrogen-bond donors (Lipinski definition) is 0. The second kappa shape index (κ2) is 1.72. The van der Waals surface area contributed by atoms with Crippen molar-refractivity contribution in [3.05, 3.63) is 0 Å². The topological polar surface area (TPSA) is 0 Å². The summed E-state index contributed by atoms with van der Waals surface area (Å²) in [5.74, 6) is 0. The molecular formula is CH5B2P. The van der Waals surface area contributed by atoms with Crippen LogP contribution in [0.3, 0.4) is 0 Å². The van der Waals surface area contributed by atoms with Crippen molar-refractivity contribution in [3.8, 4) is 0 Å². The second-order valence-corrected chi connectivity index (χ2v) is 2.89. The molecule has 4 heavy (non-hydrogen) atoms. The van der Waals surface area contributed by atoms with E-state index in [1.807, 2.05) is 14.2 Å². The Morgan fingerprint density at radius 2 is 2.00 bits per heavy atom. The van der Waals surface area contributed by atoms with Crippen LogP contribution in [0.2, 0.25) is 0 Å². The summed E-state index contributed by atoms with van der Waals surface area (Å²) >= 11 is 0. The van der Waals surface area contributed by atoms with E-state index in [0.717, 1.165) is 0 Å². The summed E-state index contributed by atoms with van der Waals surface area (Å²) in [6, 6.07) is 0. The minimum absolute atomic E-state index is 0.120. The molecule has 0 rings (SSSR count). The molecule has 1 unspecified atom stereocenters. The molecule has 1 atom stereocenters. The molecule has 0 saturated heterocycles. The molecule has 0 fully saturated rings. The third-order valence-corrected chi connectivity index (χ3v) is 0. The first-order chi connectivity index (χ1) is 1.73. The van der Waals surface area contributed by atoms with Crippen LogP contribution >= 0.6 is 7.12 Å². The maximum absolute atomic E-state index is 5.18. The van der Waals surface area contributed by atoms with Gasteiger partial charge in [0.25, 0.3) is 0 Å². The van der Waals surface area contributed by atoms with Crippen molar-refractivity contribution in [1.82, 2.24) is 0 Å². The van der Waals surface area contributed by atoms with Gasteiger partial charge in [-0.3, -0.25) is 0 Å². The van der Waals surface area contributed by atoms with Crippen molar-refractivity contribution in [3.63, 3.8) is 0 Å². The fourth-order valence-corrected chi connectivity index (χ4v) is 0. The van der Waals surface area contributed by atoms with E-state index in [9.17, 15) is 0 Å². The molecule has 0 aliphatic carbocycles. The Kier molecular flexibility index (Phi) is 1.91. The van der Waals surface area contributed by atoms with Crippen LogP contribution in [0, 0.1) is 0 Å². The molecule has 0 aromatic carbocycles. The molecule has 0 aliphatic rings. The Balaban J connectivity index is 3.02. The van der Waals surface area contributed by atoms with Gasteiger partial charge in [0.2, 0.25) is 0 Å². The van der Waals surface area contributed by atoms with E-state index in [1.54, 1.807) is 0 Å². The summed E-state index contributed by atoms with van der Waals surface area (Å²) in [5, 5.41) is 0. The van der Waals surface area contributed by atoms with Gasteiger partial charge in [0.1, 0.15) is 0 Å². The van der Waals surface area contributed by atoms with Crippen molar-refractivity contribution >= 4 is 21.7 Å². The zero-order chi connectivity index (χ0) is 3.58. The molecule has 20 valence electrons. The Labute approximate surface area is 29.3 Å². The molecule has 0 bridgehead atoms. The first-order valence-corrected chi connectivity index (χ1v) is 3.46. The molecule has 0 aliphatic heterocycles. The van der Waals surface area contributed by atoms with E-state index in [2.05, 4.69) is 0 Å². The second-order valence-electron chi connectivity index (χ2n) is 0.964. The van der Waals surface area contributed by atoms with Gasteiger partial charge in [-0.05, 0) is 0 Å². The SMILES string of the molecule is B#P(B)C. The molecule has 0 heterocycles. The molecule has 0 saturated carbocycles. The van der Waals surface area contributed by atoms with Crippen LogP contribution < -0.4 is 0 Å². The predicted molar refractivity (Wildman–Crippen MR) is 27.1 cm³/mol. The van der Waals surface area contributed by atoms with Gasteiger partial charge in [0.15, 0.2) is 0 Å². The average Bonchev–Trinajstić information content (AvgIpc) is 0.811. The molecule has 0 radical (unpaired) electrons. The van der Waals surface area contributed by atoms with E-state index in [4.69, 9.17) is 7.01 Å². The van der Waals surface area contributed by atoms with Gasteiger partial charge < -0.3 is 0 Å². The Morgan fingerprint density at radius 1 is 2.00 bits per heavy atom. The summed E-state index contributed by atoms with van der Waals surface area (Å²) in [5.41, 5.74) is 0. The zero-order valence-electron chi connectivity index (χ0n) is 3.02. The van der Waals surface area contributed by atoms with Crippen LogP contribution in [0.1, 0.15) is 0 Å². The van der Waals surface area contributed by atoms with E-state index in [-0.39, 0.29) is 7.12 Å². The van der Waals surface area contributed by atoms with Crippen LogP contribution in [0.5, 0.6) is 0 Å². The molecule has 0 aromatic rings. The van der Waals surface area contributed by atoms with Gasteiger partial charge in [0, 0.05) is 0 Å². The standard InChI is InChI=1S/CH5B2P/c1-4(2)3/h2H2,1H3. The van der Waals surface area contributed by atoms with Gasteiger partial charge in [0.05, 0.1) is 0 Å². The third-order valence-electron chi connectivity index (χ3n) is 0. The van der Waals surface area contributed by atoms with Crippen molar-refractivity contribution in [1.29, 1.82) is 0 Å². The maximum atomic E-state index is 5.18. The Hall–Kier alpha value is 0.430. The zero-order valence-corrected chi connectivity index (χ0v) is 3.92. The molecule has 3 heteroatoms. The Morgan fingerprint density at radius 3 is 2.00 bits per heavy atom. The van der Waals surface area contributed by atoms with Gasteiger partial charge in [-0.25, -0.2) is 0 Å². The monoisotopic (exact) mass is 70.0 g/mol. The molecule has 0 aromatic heterocycles. The predicted octanol–water partition coefficient (Wildman–Crippen LogP) is -0.270. The number of hydrogen-bond acceptors (Lipinski definition) is 0. The summed E-state index contributed by atoms with van der Waals surface area (Å²) in [6.45, 7) is 2.01. The van der Waals surface area contributed by atoms with Crippen LogP contribution in [0.25, 0.3) is 0 Å². The molecule has 0 amide bonds. The van der Waals surface area contributed by atoms with E-state index < -0.39 is 0 Å². The van der Waals surface area contributed by atoms with Crippen molar-refractivity contribution < 1.29 is 0 Å². The molecular weight excluding hydrogens is 64.6 g/mol. The summed E-state index contributed by atoms with van der Waals surface area (Å²) in [7, 11) is 7.06. The molecule has 0 spiro atoms. The van der Waals surface area contributed by atoms with Gasteiger partial charge >= 0.3 is 28.4 Å². The normalized spacial score (nSPS) is 11.2. The van der Waals surface area contributed by atoms with Crippen molar-refractivity contribution in [2.45, 2.75) is 0 Å². The third kappa shape index (κ3) is 26.9. The number of rotatable bonds is 0. The molecule has 0 nitrogen and oxygen atoms in total. The van der Waals surface area contributed by atoms with Crippen molar-refractivity contribution in [2.75, 3.05) is 6.66 Å². The van der Waals surface area contributed by atoms with Crippen molar-refractivity contribution in [2.24, 2.45) is 0 Å². The van der Waals surface area contributed by atoms with E-state index in [1.165, 1.54) is 0 Å². The summed E-state index contributed by atoms with van der Waals surface area (Å²) < 4.78 is 0. The van der Waals surface area contributed by atoms with Crippen LogP contribution in [0.4, 0.5) is 0 Å². The van der Waals surface area contributed by atoms with Gasteiger partial charge in [-0.2, -0.15) is 0 Å². The first-order valence-electron chi connectivity index (χ1n) is 1.15. The fraction of sp³-hybridized carbons (Fsp3) is 1.00. The quantitative estimate of drug-likeness (QED) is 0.271. The van der Waals surface area contributed by atoms with Gasteiger partial charge in [-0.15, -0.1) is 0 Å². The Bertz CT molecular complexity index is 52.2.